The minimum absolute atomic E-state index is 0.103. The highest BCUT2D eigenvalue weighted by Gasteiger charge is 2.09. The van der Waals surface area contributed by atoms with Gasteiger partial charge in [0.15, 0.2) is 5.65 Å². The molecule has 0 aromatic carbocycles. The van der Waals surface area contributed by atoms with Gasteiger partial charge < -0.3 is 5.32 Å². The van der Waals surface area contributed by atoms with Gasteiger partial charge in [-0.25, -0.2) is 9.97 Å². The van der Waals surface area contributed by atoms with Crippen LogP contribution in [0.1, 0.15) is 5.56 Å². The van der Waals surface area contributed by atoms with Crippen LogP contribution in [0.15, 0.2) is 35.6 Å². The monoisotopic (exact) mass is 270 g/mol. The van der Waals surface area contributed by atoms with Crippen molar-refractivity contribution in [2.24, 2.45) is 7.05 Å². The van der Waals surface area contributed by atoms with Crippen molar-refractivity contribution in [3.05, 3.63) is 46.8 Å². The third-order valence-corrected chi connectivity index (χ3v) is 3.19. The molecule has 0 bridgehead atoms. The number of fused-ring (bicyclic) bond motifs is 1. The van der Waals surface area contributed by atoms with E-state index in [4.69, 9.17) is 0 Å². The Morgan fingerprint density at radius 1 is 1.35 bits per heavy atom. The molecule has 0 aliphatic carbocycles. The molecule has 3 heterocycles. The molecular weight excluding hydrogens is 256 g/mol. The molecule has 3 rings (SSSR count). The Bertz CT molecular complexity index is 819. The zero-order valence-corrected chi connectivity index (χ0v) is 11.2. The predicted molar refractivity (Wildman–Crippen MR) is 75.7 cm³/mol. The SMILES string of the molecule is CNc1ncccc1Cn1cnc2c(cnn2C)c1=O. The van der Waals surface area contributed by atoms with Crippen molar-refractivity contribution >= 4 is 16.9 Å². The van der Waals surface area contributed by atoms with Crippen LogP contribution in [0.5, 0.6) is 0 Å². The molecule has 0 aliphatic rings. The predicted octanol–water partition coefficient (Wildman–Crippen LogP) is 0.615. The fourth-order valence-electron chi connectivity index (χ4n) is 2.15. The van der Waals surface area contributed by atoms with E-state index >= 15 is 0 Å². The van der Waals surface area contributed by atoms with Crippen molar-refractivity contribution in [1.82, 2.24) is 24.3 Å². The molecule has 0 radical (unpaired) electrons. The smallest absolute Gasteiger partial charge is 0.264 e. The fraction of sp³-hybridized carbons (Fsp3) is 0.231. The lowest BCUT2D eigenvalue weighted by molar-refractivity contribution is 0.736. The number of hydrogen-bond donors (Lipinski definition) is 1. The lowest BCUT2D eigenvalue weighted by Crippen LogP contribution is -2.21. The van der Waals surface area contributed by atoms with E-state index in [2.05, 4.69) is 20.4 Å². The van der Waals surface area contributed by atoms with Crippen LogP contribution >= 0.6 is 0 Å². The summed E-state index contributed by atoms with van der Waals surface area (Å²) in [6.07, 6.45) is 4.79. The molecule has 1 N–H and O–H groups in total. The lowest BCUT2D eigenvalue weighted by Gasteiger charge is -2.09. The first kappa shape index (κ1) is 12.3. The van der Waals surface area contributed by atoms with Gasteiger partial charge in [0.2, 0.25) is 0 Å². The fourth-order valence-corrected chi connectivity index (χ4v) is 2.15. The second-order valence-corrected chi connectivity index (χ2v) is 4.44. The molecule has 0 unspecified atom stereocenters. The van der Waals surface area contributed by atoms with Crippen LogP contribution in [0.3, 0.4) is 0 Å². The van der Waals surface area contributed by atoms with Gasteiger partial charge >= 0.3 is 0 Å². The summed E-state index contributed by atoms with van der Waals surface area (Å²) in [7, 11) is 3.57. The van der Waals surface area contributed by atoms with Crippen LogP contribution in [0.25, 0.3) is 11.0 Å². The van der Waals surface area contributed by atoms with Gasteiger partial charge in [-0.05, 0) is 6.07 Å². The first-order valence-electron chi connectivity index (χ1n) is 6.19. The summed E-state index contributed by atoms with van der Waals surface area (Å²) in [6, 6.07) is 3.77. The van der Waals surface area contributed by atoms with Crippen molar-refractivity contribution in [2.75, 3.05) is 12.4 Å². The van der Waals surface area contributed by atoms with Crippen molar-refractivity contribution in [3.63, 3.8) is 0 Å². The van der Waals surface area contributed by atoms with Crippen molar-refractivity contribution in [3.8, 4) is 0 Å². The quantitative estimate of drug-likeness (QED) is 0.754. The maximum atomic E-state index is 12.4. The number of nitrogens with zero attached hydrogens (tertiary/aromatic N) is 5. The molecule has 3 aromatic rings. The Morgan fingerprint density at radius 2 is 2.20 bits per heavy atom. The second-order valence-electron chi connectivity index (χ2n) is 4.44. The van der Waals surface area contributed by atoms with Gasteiger partial charge in [0.1, 0.15) is 17.5 Å². The Morgan fingerprint density at radius 3 is 3.00 bits per heavy atom. The van der Waals surface area contributed by atoms with E-state index in [0.29, 0.717) is 17.6 Å². The molecule has 20 heavy (non-hydrogen) atoms. The number of anilines is 1. The minimum Gasteiger partial charge on any atom is -0.373 e. The molecule has 0 spiro atoms. The summed E-state index contributed by atoms with van der Waals surface area (Å²) in [5.41, 5.74) is 1.42. The first-order chi connectivity index (χ1) is 9.70. The van der Waals surface area contributed by atoms with E-state index < -0.39 is 0 Å². The number of nitrogens with one attached hydrogen (secondary N) is 1. The topological polar surface area (TPSA) is 77.6 Å². The maximum absolute atomic E-state index is 12.4. The number of hydrogen-bond acceptors (Lipinski definition) is 5. The largest absolute Gasteiger partial charge is 0.373 e. The molecule has 0 saturated heterocycles. The van der Waals surface area contributed by atoms with Gasteiger partial charge in [0, 0.05) is 25.9 Å². The molecule has 7 nitrogen and oxygen atoms in total. The van der Waals surface area contributed by atoms with E-state index in [1.165, 1.54) is 0 Å². The van der Waals surface area contributed by atoms with Crippen molar-refractivity contribution in [1.29, 1.82) is 0 Å². The summed E-state index contributed by atoms with van der Waals surface area (Å²) in [5.74, 6) is 0.755. The summed E-state index contributed by atoms with van der Waals surface area (Å²) in [6.45, 7) is 0.417. The average molecular weight is 270 g/mol. The molecule has 0 amide bonds. The van der Waals surface area contributed by atoms with Crippen molar-refractivity contribution < 1.29 is 0 Å². The van der Waals surface area contributed by atoms with Gasteiger partial charge in [-0.15, -0.1) is 0 Å². The highest BCUT2D eigenvalue weighted by molar-refractivity contribution is 5.72. The molecule has 0 saturated carbocycles. The second kappa shape index (κ2) is 4.76. The normalized spacial score (nSPS) is 10.9. The molecular formula is C13H14N6O. The van der Waals surface area contributed by atoms with Gasteiger partial charge in [-0.1, -0.05) is 6.07 Å². The van der Waals surface area contributed by atoms with Gasteiger partial charge in [-0.3, -0.25) is 14.0 Å². The van der Waals surface area contributed by atoms with E-state index in [-0.39, 0.29) is 5.56 Å². The van der Waals surface area contributed by atoms with Gasteiger partial charge in [0.25, 0.3) is 5.56 Å². The third-order valence-electron chi connectivity index (χ3n) is 3.19. The first-order valence-corrected chi connectivity index (χ1v) is 6.19. The van der Waals surface area contributed by atoms with Crippen LogP contribution in [0.4, 0.5) is 5.82 Å². The standard InChI is InChI=1S/C13H14N6O/c1-14-11-9(4-3-5-15-11)7-19-8-16-12-10(13(19)20)6-17-18(12)2/h3-6,8H,7H2,1-2H3,(H,14,15). The summed E-state index contributed by atoms with van der Waals surface area (Å²) in [5, 5.41) is 7.59. The Labute approximate surface area is 114 Å². The number of aryl methyl sites for hydroxylation is 1. The summed E-state index contributed by atoms with van der Waals surface area (Å²) < 4.78 is 3.14. The molecule has 3 aromatic heterocycles. The van der Waals surface area contributed by atoms with Crippen molar-refractivity contribution in [2.45, 2.75) is 6.54 Å². The maximum Gasteiger partial charge on any atom is 0.264 e. The summed E-state index contributed by atoms with van der Waals surface area (Å²) >= 11 is 0. The zero-order valence-electron chi connectivity index (χ0n) is 11.2. The molecule has 0 aliphatic heterocycles. The van der Waals surface area contributed by atoms with E-state index in [0.717, 1.165) is 11.4 Å². The van der Waals surface area contributed by atoms with Crippen LogP contribution in [0.2, 0.25) is 0 Å². The van der Waals surface area contributed by atoms with E-state index in [1.807, 2.05) is 12.1 Å². The van der Waals surface area contributed by atoms with E-state index in [9.17, 15) is 4.79 Å². The zero-order chi connectivity index (χ0) is 14.1. The number of aromatic nitrogens is 5. The number of pyridine rings is 1. The van der Waals surface area contributed by atoms with Crippen LogP contribution in [-0.4, -0.2) is 31.4 Å². The molecule has 7 heteroatoms. The molecule has 0 atom stereocenters. The molecule has 102 valence electrons. The van der Waals surface area contributed by atoms with Crippen LogP contribution in [0, 0.1) is 0 Å². The average Bonchev–Trinajstić information content (AvgIpc) is 2.85. The molecule has 0 fully saturated rings. The Balaban J connectivity index is 2.07. The van der Waals surface area contributed by atoms with Crippen LogP contribution < -0.4 is 10.9 Å². The van der Waals surface area contributed by atoms with Gasteiger partial charge in [-0.2, -0.15) is 5.10 Å². The van der Waals surface area contributed by atoms with E-state index in [1.54, 1.807) is 42.1 Å². The Hall–Kier alpha value is -2.70. The lowest BCUT2D eigenvalue weighted by atomic mass is 10.2. The summed E-state index contributed by atoms with van der Waals surface area (Å²) in [4.78, 5) is 20.9. The highest BCUT2D eigenvalue weighted by atomic mass is 16.1. The highest BCUT2D eigenvalue weighted by Crippen LogP contribution is 2.12. The van der Waals surface area contributed by atoms with Gasteiger partial charge in [0.05, 0.1) is 12.7 Å². The Kier molecular flexibility index (Phi) is 2.94. The minimum atomic E-state index is -0.103. The van der Waals surface area contributed by atoms with Crippen LogP contribution in [-0.2, 0) is 13.6 Å². The third kappa shape index (κ3) is 1.93. The number of rotatable bonds is 3.